The molecule has 0 saturated heterocycles. The largest absolute Gasteiger partial charge is 0.376 e. The van der Waals surface area contributed by atoms with Gasteiger partial charge in [-0.2, -0.15) is 0 Å². The second kappa shape index (κ2) is 11.5. The highest BCUT2D eigenvalue weighted by Crippen LogP contribution is 2.31. The standard InChI is InChI=1S/C16H31N3O.HI/c1-17-16(18-11-10-14-8-9-14)19-12-13-20-15-6-4-2-3-5-7-15;/h14-15H,2-13H2,1H3,(H2,17,18,19);1H. The predicted octanol–water partition coefficient (Wildman–Crippen LogP) is 3.31. The molecule has 2 aliphatic carbocycles. The second-order valence-corrected chi connectivity index (χ2v) is 6.14. The summed E-state index contributed by atoms with van der Waals surface area (Å²) in [7, 11) is 1.83. The highest BCUT2D eigenvalue weighted by atomic mass is 127. The number of guanidine groups is 1. The second-order valence-electron chi connectivity index (χ2n) is 6.14. The van der Waals surface area contributed by atoms with Gasteiger partial charge in [0.1, 0.15) is 0 Å². The number of nitrogens with one attached hydrogen (secondary N) is 2. The first kappa shape index (κ1) is 19.0. The number of aliphatic imine (C=N–C) groups is 1. The van der Waals surface area contributed by atoms with Crippen LogP contribution >= 0.6 is 24.0 Å². The summed E-state index contributed by atoms with van der Waals surface area (Å²) < 4.78 is 5.97. The van der Waals surface area contributed by atoms with E-state index in [9.17, 15) is 0 Å². The summed E-state index contributed by atoms with van der Waals surface area (Å²) in [5, 5.41) is 6.71. The molecule has 0 heterocycles. The van der Waals surface area contributed by atoms with E-state index in [2.05, 4.69) is 15.6 Å². The van der Waals surface area contributed by atoms with Gasteiger partial charge in [-0.25, -0.2) is 0 Å². The smallest absolute Gasteiger partial charge is 0.191 e. The molecule has 0 radical (unpaired) electrons. The Morgan fingerprint density at radius 1 is 1.00 bits per heavy atom. The van der Waals surface area contributed by atoms with Gasteiger partial charge in [0.15, 0.2) is 5.96 Å². The Labute approximate surface area is 146 Å². The average Bonchev–Trinajstić information content (AvgIpc) is 3.28. The maximum Gasteiger partial charge on any atom is 0.191 e. The molecule has 4 nitrogen and oxygen atoms in total. The Morgan fingerprint density at radius 2 is 1.67 bits per heavy atom. The molecule has 0 amide bonds. The third kappa shape index (κ3) is 8.86. The van der Waals surface area contributed by atoms with Gasteiger partial charge in [-0.15, -0.1) is 24.0 Å². The zero-order valence-electron chi connectivity index (χ0n) is 13.4. The zero-order valence-corrected chi connectivity index (χ0v) is 15.7. The molecule has 2 saturated carbocycles. The van der Waals surface area contributed by atoms with E-state index in [0.717, 1.165) is 31.6 Å². The summed E-state index contributed by atoms with van der Waals surface area (Å²) in [6.07, 6.45) is 12.5. The Balaban J connectivity index is 0.00000220. The van der Waals surface area contributed by atoms with Crippen molar-refractivity contribution in [1.82, 2.24) is 10.6 Å². The van der Waals surface area contributed by atoms with Crippen molar-refractivity contribution in [2.24, 2.45) is 10.9 Å². The van der Waals surface area contributed by atoms with Gasteiger partial charge in [-0.3, -0.25) is 4.99 Å². The Morgan fingerprint density at radius 3 is 2.29 bits per heavy atom. The molecular formula is C16H32IN3O. The molecule has 2 fully saturated rings. The molecule has 0 aromatic rings. The van der Waals surface area contributed by atoms with E-state index in [1.54, 1.807) is 0 Å². The lowest BCUT2D eigenvalue weighted by atomic mass is 10.1. The lowest BCUT2D eigenvalue weighted by Crippen LogP contribution is -2.39. The van der Waals surface area contributed by atoms with E-state index < -0.39 is 0 Å². The van der Waals surface area contributed by atoms with Crippen molar-refractivity contribution in [2.75, 3.05) is 26.7 Å². The van der Waals surface area contributed by atoms with Crippen LogP contribution in [0.15, 0.2) is 4.99 Å². The Hall–Kier alpha value is -0.0400. The van der Waals surface area contributed by atoms with Gasteiger partial charge in [-0.1, -0.05) is 38.5 Å². The maximum absolute atomic E-state index is 5.97. The van der Waals surface area contributed by atoms with Gasteiger partial charge in [-0.05, 0) is 25.2 Å². The molecule has 0 atom stereocenters. The van der Waals surface area contributed by atoms with E-state index in [1.165, 1.54) is 57.8 Å². The van der Waals surface area contributed by atoms with Crippen LogP contribution < -0.4 is 10.6 Å². The van der Waals surface area contributed by atoms with Gasteiger partial charge < -0.3 is 15.4 Å². The molecule has 5 heteroatoms. The van der Waals surface area contributed by atoms with Crippen LogP contribution in [0.1, 0.15) is 57.8 Å². The third-order valence-corrected chi connectivity index (χ3v) is 4.32. The molecule has 124 valence electrons. The number of rotatable bonds is 7. The molecule has 21 heavy (non-hydrogen) atoms. The van der Waals surface area contributed by atoms with Gasteiger partial charge in [0.25, 0.3) is 0 Å². The van der Waals surface area contributed by atoms with Crippen LogP contribution in [0.2, 0.25) is 0 Å². The summed E-state index contributed by atoms with van der Waals surface area (Å²) in [5.74, 6) is 1.88. The zero-order chi connectivity index (χ0) is 14.0. The minimum absolute atomic E-state index is 0. The van der Waals surface area contributed by atoms with E-state index in [-0.39, 0.29) is 24.0 Å². The lowest BCUT2D eigenvalue weighted by molar-refractivity contribution is 0.0468. The van der Waals surface area contributed by atoms with Crippen molar-refractivity contribution in [2.45, 2.75) is 63.9 Å². The van der Waals surface area contributed by atoms with Crippen LogP contribution in [0, 0.1) is 5.92 Å². The minimum atomic E-state index is 0. The Kier molecular flexibility index (Phi) is 10.4. The van der Waals surface area contributed by atoms with E-state index in [1.807, 2.05) is 7.05 Å². The first-order valence-corrected chi connectivity index (χ1v) is 8.44. The normalized spacial score (nSPS) is 20.5. The first-order valence-electron chi connectivity index (χ1n) is 8.44. The third-order valence-electron chi connectivity index (χ3n) is 4.32. The molecule has 0 aromatic carbocycles. The van der Waals surface area contributed by atoms with Gasteiger partial charge >= 0.3 is 0 Å². The fourth-order valence-electron chi connectivity index (χ4n) is 2.83. The monoisotopic (exact) mass is 409 g/mol. The van der Waals surface area contributed by atoms with Gasteiger partial charge in [0.2, 0.25) is 0 Å². The van der Waals surface area contributed by atoms with Gasteiger partial charge in [0.05, 0.1) is 12.7 Å². The topological polar surface area (TPSA) is 45.7 Å². The molecule has 0 bridgehead atoms. The van der Waals surface area contributed by atoms with Crippen molar-refractivity contribution in [1.29, 1.82) is 0 Å². The number of ether oxygens (including phenoxy) is 1. The maximum atomic E-state index is 5.97. The van der Waals surface area contributed by atoms with Gasteiger partial charge in [0, 0.05) is 20.1 Å². The number of halogens is 1. The van der Waals surface area contributed by atoms with E-state index in [0.29, 0.717) is 6.10 Å². The van der Waals surface area contributed by atoms with E-state index in [4.69, 9.17) is 4.74 Å². The Bertz CT molecular complexity index is 287. The highest BCUT2D eigenvalue weighted by Gasteiger charge is 2.20. The summed E-state index contributed by atoms with van der Waals surface area (Å²) in [4.78, 5) is 4.24. The van der Waals surface area contributed by atoms with Crippen LogP contribution in [0.25, 0.3) is 0 Å². The van der Waals surface area contributed by atoms with Crippen molar-refractivity contribution in [3.05, 3.63) is 0 Å². The van der Waals surface area contributed by atoms with Crippen LogP contribution in [0.4, 0.5) is 0 Å². The molecule has 0 aliphatic heterocycles. The van der Waals surface area contributed by atoms with Crippen LogP contribution in [0.5, 0.6) is 0 Å². The number of hydrogen-bond acceptors (Lipinski definition) is 2. The molecular weight excluding hydrogens is 377 g/mol. The molecule has 0 spiro atoms. The lowest BCUT2D eigenvalue weighted by Gasteiger charge is -2.16. The molecule has 2 aliphatic rings. The SMILES string of the molecule is CN=C(NCCOC1CCCCCC1)NCCC1CC1.I. The van der Waals surface area contributed by atoms with Crippen LogP contribution in [-0.2, 0) is 4.74 Å². The number of hydrogen-bond donors (Lipinski definition) is 2. The van der Waals surface area contributed by atoms with E-state index >= 15 is 0 Å². The highest BCUT2D eigenvalue weighted by molar-refractivity contribution is 14.0. The predicted molar refractivity (Wildman–Crippen MR) is 99.6 cm³/mol. The van der Waals surface area contributed by atoms with Crippen molar-refractivity contribution in [3.8, 4) is 0 Å². The summed E-state index contributed by atoms with van der Waals surface area (Å²) >= 11 is 0. The fraction of sp³-hybridized carbons (Fsp3) is 0.938. The quantitative estimate of drug-likeness (QED) is 0.223. The summed E-state index contributed by atoms with van der Waals surface area (Å²) in [6, 6.07) is 0. The first-order chi connectivity index (χ1) is 9.88. The van der Waals surface area contributed by atoms with Crippen molar-refractivity contribution >= 4 is 29.9 Å². The van der Waals surface area contributed by atoms with Crippen molar-refractivity contribution in [3.63, 3.8) is 0 Å². The average molecular weight is 409 g/mol. The van der Waals surface area contributed by atoms with Crippen LogP contribution in [0.3, 0.4) is 0 Å². The van der Waals surface area contributed by atoms with Crippen molar-refractivity contribution < 1.29 is 4.74 Å². The minimum Gasteiger partial charge on any atom is -0.376 e. The summed E-state index contributed by atoms with van der Waals surface area (Å²) in [5.41, 5.74) is 0. The number of nitrogens with zero attached hydrogens (tertiary/aromatic N) is 1. The van der Waals surface area contributed by atoms with Crippen LogP contribution in [-0.4, -0.2) is 38.8 Å². The molecule has 2 rings (SSSR count). The summed E-state index contributed by atoms with van der Waals surface area (Å²) in [6.45, 7) is 2.67. The molecule has 0 aromatic heterocycles. The molecule has 0 unspecified atom stereocenters. The molecule has 2 N–H and O–H groups in total. The fourth-order valence-corrected chi connectivity index (χ4v) is 2.83.